The number of nitrogens with two attached hydrogens (primary N) is 1. The summed E-state index contributed by atoms with van der Waals surface area (Å²) in [4.78, 5) is 22.1. The van der Waals surface area contributed by atoms with Gasteiger partial charge in [-0.2, -0.15) is 11.8 Å². The Morgan fingerprint density at radius 2 is 1.95 bits per heavy atom. The van der Waals surface area contributed by atoms with Crippen LogP contribution in [0.4, 0.5) is 5.69 Å². The molecule has 0 saturated carbocycles. The van der Waals surface area contributed by atoms with Gasteiger partial charge in [-0.05, 0) is 24.3 Å². The molecule has 1 amide bonds. The molecule has 0 saturated heterocycles. The van der Waals surface area contributed by atoms with Crippen LogP contribution in [0.3, 0.4) is 0 Å². The highest BCUT2D eigenvalue weighted by molar-refractivity contribution is 7.99. The summed E-state index contributed by atoms with van der Waals surface area (Å²) in [6.45, 7) is 0. The normalized spacial score (nSPS) is 11.8. The van der Waals surface area contributed by atoms with E-state index in [1.165, 1.54) is 11.8 Å². The van der Waals surface area contributed by atoms with Gasteiger partial charge in [0.1, 0.15) is 6.04 Å². The second kappa shape index (κ2) is 8.55. The quantitative estimate of drug-likeness (QED) is 0.629. The Morgan fingerprint density at radius 3 is 2.58 bits per heavy atom. The van der Waals surface area contributed by atoms with Crippen LogP contribution in [0.1, 0.15) is 12.8 Å². The first-order valence-corrected chi connectivity index (χ1v) is 7.16. The molecular formula is C13H18N2O3S. The number of carboxylic acid groups (broad SMARTS) is 1. The summed E-state index contributed by atoms with van der Waals surface area (Å²) in [5, 5.41) is 11.4. The summed E-state index contributed by atoms with van der Waals surface area (Å²) in [5.74, 6) is 0.278. The molecule has 0 spiro atoms. The number of anilines is 1. The van der Waals surface area contributed by atoms with Gasteiger partial charge in [0.15, 0.2) is 0 Å². The van der Waals surface area contributed by atoms with Crippen LogP contribution < -0.4 is 11.1 Å². The average molecular weight is 282 g/mol. The molecule has 1 atom stereocenters. The molecule has 0 bridgehead atoms. The maximum absolute atomic E-state index is 11.6. The summed E-state index contributed by atoms with van der Waals surface area (Å²) in [5.41, 5.74) is 6.15. The summed E-state index contributed by atoms with van der Waals surface area (Å²) in [6.07, 6.45) is 0.822. The van der Waals surface area contributed by atoms with Gasteiger partial charge in [0, 0.05) is 17.9 Å². The van der Waals surface area contributed by atoms with Crippen LogP contribution in [-0.2, 0) is 9.59 Å². The Balaban J connectivity index is 2.10. The molecular weight excluding hydrogens is 264 g/mol. The van der Waals surface area contributed by atoms with Crippen LogP contribution in [0, 0.1) is 0 Å². The van der Waals surface area contributed by atoms with Crippen LogP contribution in [0.25, 0.3) is 0 Å². The van der Waals surface area contributed by atoms with Crippen molar-refractivity contribution >= 4 is 29.3 Å². The summed E-state index contributed by atoms with van der Waals surface area (Å²) in [6, 6.07) is 8.45. The number of para-hydroxylation sites is 1. The highest BCUT2D eigenvalue weighted by Gasteiger charge is 2.10. The van der Waals surface area contributed by atoms with Gasteiger partial charge in [-0.1, -0.05) is 18.2 Å². The molecule has 0 aliphatic rings. The highest BCUT2D eigenvalue weighted by atomic mass is 32.2. The van der Waals surface area contributed by atoms with Crippen molar-refractivity contribution in [1.29, 1.82) is 0 Å². The van der Waals surface area contributed by atoms with Crippen LogP contribution in [-0.4, -0.2) is 34.5 Å². The number of thioether (sulfide) groups is 1. The van der Waals surface area contributed by atoms with Crippen LogP contribution in [0.15, 0.2) is 30.3 Å². The number of benzene rings is 1. The molecule has 0 radical (unpaired) electrons. The largest absolute Gasteiger partial charge is 0.480 e. The van der Waals surface area contributed by atoms with Gasteiger partial charge in [-0.3, -0.25) is 9.59 Å². The van der Waals surface area contributed by atoms with E-state index in [1.54, 1.807) is 0 Å². The fraction of sp³-hybridized carbons (Fsp3) is 0.385. The standard InChI is InChI=1S/C13H18N2O3S/c14-11(13(17)18)6-8-19-9-7-12(16)15-10-4-2-1-3-5-10/h1-5,11H,6-9,14H2,(H,15,16)(H,17,18). The fourth-order valence-electron chi connectivity index (χ4n) is 1.35. The summed E-state index contributed by atoms with van der Waals surface area (Å²) in [7, 11) is 0. The molecule has 1 rings (SSSR count). The van der Waals surface area contributed by atoms with E-state index in [4.69, 9.17) is 10.8 Å². The Labute approximate surface area is 116 Å². The third-order valence-corrected chi connectivity index (χ3v) is 3.44. The van der Waals surface area contributed by atoms with Crippen molar-refractivity contribution in [2.75, 3.05) is 16.8 Å². The first-order valence-electron chi connectivity index (χ1n) is 6.00. The van der Waals surface area contributed by atoms with Gasteiger partial charge in [0.05, 0.1) is 0 Å². The minimum Gasteiger partial charge on any atom is -0.480 e. The lowest BCUT2D eigenvalue weighted by Crippen LogP contribution is -2.30. The van der Waals surface area contributed by atoms with E-state index in [2.05, 4.69) is 5.32 Å². The molecule has 6 heteroatoms. The van der Waals surface area contributed by atoms with Crippen LogP contribution in [0.2, 0.25) is 0 Å². The van der Waals surface area contributed by atoms with Crippen molar-refractivity contribution in [1.82, 2.24) is 0 Å². The number of carboxylic acids is 1. The molecule has 5 nitrogen and oxygen atoms in total. The second-order valence-corrected chi connectivity index (χ2v) is 5.23. The number of hydrogen-bond donors (Lipinski definition) is 3. The van der Waals surface area contributed by atoms with E-state index in [1.807, 2.05) is 30.3 Å². The maximum atomic E-state index is 11.6. The van der Waals surface area contributed by atoms with Crippen molar-refractivity contribution in [3.05, 3.63) is 30.3 Å². The van der Waals surface area contributed by atoms with Gasteiger partial charge >= 0.3 is 5.97 Å². The summed E-state index contributed by atoms with van der Waals surface area (Å²) < 4.78 is 0. The molecule has 0 aromatic heterocycles. The zero-order chi connectivity index (χ0) is 14.1. The van der Waals surface area contributed by atoms with Crippen molar-refractivity contribution < 1.29 is 14.7 Å². The molecule has 1 unspecified atom stereocenters. The average Bonchev–Trinajstić information content (AvgIpc) is 2.39. The number of rotatable bonds is 8. The lowest BCUT2D eigenvalue weighted by atomic mass is 10.2. The number of aliphatic carboxylic acids is 1. The minimum absolute atomic E-state index is 0.0405. The molecule has 0 fully saturated rings. The third kappa shape index (κ3) is 6.83. The van der Waals surface area contributed by atoms with Gasteiger partial charge in [0.25, 0.3) is 0 Å². The SMILES string of the molecule is NC(CCSCCC(=O)Nc1ccccc1)C(=O)O. The van der Waals surface area contributed by atoms with Crippen LogP contribution in [0.5, 0.6) is 0 Å². The van der Waals surface area contributed by atoms with Crippen molar-refractivity contribution in [2.24, 2.45) is 5.73 Å². The predicted molar refractivity (Wildman–Crippen MR) is 77.2 cm³/mol. The molecule has 1 aromatic rings. The van der Waals surface area contributed by atoms with E-state index in [0.29, 0.717) is 24.3 Å². The number of amides is 1. The lowest BCUT2D eigenvalue weighted by molar-refractivity contribution is -0.138. The molecule has 0 heterocycles. The molecule has 0 aliphatic heterocycles. The molecule has 104 valence electrons. The highest BCUT2D eigenvalue weighted by Crippen LogP contribution is 2.09. The Bertz CT molecular complexity index is 412. The zero-order valence-electron chi connectivity index (χ0n) is 10.5. The minimum atomic E-state index is -0.984. The predicted octanol–water partition coefficient (Wildman–Crippen LogP) is 1.55. The third-order valence-electron chi connectivity index (χ3n) is 2.42. The van der Waals surface area contributed by atoms with Crippen molar-refractivity contribution in [2.45, 2.75) is 18.9 Å². The topological polar surface area (TPSA) is 92.4 Å². The Kier molecular flexibility index (Phi) is 6.99. The van der Waals surface area contributed by atoms with E-state index in [0.717, 1.165) is 5.69 Å². The van der Waals surface area contributed by atoms with Crippen LogP contribution >= 0.6 is 11.8 Å². The molecule has 0 aliphatic carbocycles. The second-order valence-electron chi connectivity index (χ2n) is 4.01. The first kappa shape index (κ1) is 15.5. The van der Waals surface area contributed by atoms with Gasteiger partial charge < -0.3 is 16.2 Å². The van der Waals surface area contributed by atoms with E-state index < -0.39 is 12.0 Å². The van der Waals surface area contributed by atoms with Gasteiger partial charge in [-0.15, -0.1) is 0 Å². The van der Waals surface area contributed by atoms with E-state index in [-0.39, 0.29) is 5.91 Å². The Morgan fingerprint density at radius 1 is 1.26 bits per heavy atom. The molecule has 19 heavy (non-hydrogen) atoms. The number of carbonyl (C=O) groups is 2. The summed E-state index contributed by atoms with van der Waals surface area (Å²) >= 11 is 1.53. The van der Waals surface area contributed by atoms with E-state index >= 15 is 0 Å². The Hall–Kier alpha value is -1.53. The monoisotopic (exact) mass is 282 g/mol. The van der Waals surface area contributed by atoms with E-state index in [9.17, 15) is 9.59 Å². The number of nitrogens with one attached hydrogen (secondary N) is 1. The van der Waals surface area contributed by atoms with Gasteiger partial charge in [-0.25, -0.2) is 0 Å². The van der Waals surface area contributed by atoms with Gasteiger partial charge in [0.2, 0.25) is 5.91 Å². The van der Waals surface area contributed by atoms with Crippen molar-refractivity contribution in [3.8, 4) is 0 Å². The fourth-order valence-corrected chi connectivity index (χ4v) is 2.30. The smallest absolute Gasteiger partial charge is 0.320 e. The number of hydrogen-bond acceptors (Lipinski definition) is 4. The first-order chi connectivity index (χ1) is 9.09. The molecule has 4 N–H and O–H groups in total. The lowest BCUT2D eigenvalue weighted by Gasteiger charge is -2.06. The molecule has 1 aromatic carbocycles. The number of carbonyl (C=O) groups excluding carboxylic acids is 1. The maximum Gasteiger partial charge on any atom is 0.320 e. The zero-order valence-corrected chi connectivity index (χ0v) is 11.4. The van der Waals surface area contributed by atoms with Crippen molar-refractivity contribution in [3.63, 3.8) is 0 Å².